The first-order valence-corrected chi connectivity index (χ1v) is 5.05. The summed E-state index contributed by atoms with van der Waals surface area (Å²) in [6.07, 6.45) is 0.359. The quantitative estimate of drug-likeness (QED) is 0.671. The SMILES string of the molecule is CC(C)[C@@H](C)Cc1cc(F)cc(F)c1F. The molecule has 0 unspecified atom stereocenters. The minimum Gasteiger partial charge on any atom is -0.207 e. The van der Waals surface area contributed by atoms with Crippen molar-refractivity contribution < 1.29 is 13.2 Å². The Balaban J connectivity index is 2.94. The highest BCUT2D eigenvalue weighted by Gasteiger charge is 2.15. The van der Waals surface area contributed by atoms with Crippen molar-refractivity contribution in [3.05, 3.63) is 35.1 Å². The highest BCUT2D eigenvalue weighted by Crippen LogP contribution is 2.21. The zero-order chi connectivity index (χ0) is 11.6. The van der Waals surface area contributed by atoms with E-state index in [1.807, 2.05) is 20.8 Å². The van der Waals surface area contributed by atoms with Gasteiger partial charge in [0.25, 0.3) is 0 Å². The third kappa shape index (κ3) is 2.98. The summed E-state index contributed by atoms with van der Waals surface area (Å²) in [7, 11) is 0. The second kappa shape index (κ2) is 4.69. The number of rotatable bonds is 3. The Labute approximate surface area is 88.1 Å². The summed E-state index contributed by atoms with van der Waals surface area (Å²) in [6.45, 7) is 5.93. The van der Waals surface area contributed by atoms with Gasteiger partial charge >= 0.3 is 0 Å². The highest BCUT2D eigenvalue weighted by molar-refractivity contribution is 5.20. The normalized spacial score (nSPS) is 13.3. The number of benzene rings is 1. The van der Waals surface area contributed by atoms with E-state index in [9.17, 15) is 13.2 Å². The molecule has 0 saturated carbocycles. The van der Waals surface area contributed by atoms with E-state index >= 15 is 0 Å². The molecule has 1 aromatic carbocycles. The molecule has 0 aliphatic heterocycles. The molecule has 0 spiro atoms. The standard InChI is InChI=1S/C12H15F3/c1-7(2)8(3)4-9-5-10(13)6-11(14)12(9)15/h5-8H,4H2,1-3H3/t8-/m0/s1. The van der Waals surface area contributed by atoms with Gasteiger partial charge in [0.15, 0.2) is 11.6 Å². The van der Waals surface area contributed by atoms with Crippen molar-refractivity contribution in [3.63, 3.8) is 0 Å². The minimum absolute atomic E-state index is 0.119. The second-order valence-electron chi connectivity index (χ2n) is 4.29. The van der Waals surface area contributed by atoms with Gasteiger partial charge in [-0.2, -0.15) is 0 Å². The molecular weight excluding hydrogens is 201 g/mol. The summed E-state index contributed by atoms with van der Waals surface area (Å²) in [4.78, 5) is 0. The molecule has 0 saturated heterocycles. The fraction of sp³-hybridized carbons (Fsp3) is 0.500. The van der Waals surface area contributed by atoms with Crippen LogP contribution in [0.1, 0.15) is 26.3 Å². The molecule has 0 radical (unpaired) electrons. The summed E-state index contributed by atoms with van der Waals surface area (Å²) < 4.78 is 39.0. The van der Waals surface area contributed by atoms with E-state index in [-0.39, 0.29) is 11.5 Å². The molecule has 3 heteroatoms. The number of halogens is 3. The highest BCUT2D eigenvalue weighted by atomic mass is 19.2. The smallest absolute Gasteiger partial charge is 0.162 e. The van der Waals surface area contributed by atoms with Crippen molar-refractivity contribution in [1.82, 2.24) is 0 Å². The van der Waals surface area contributed by atoms with E-state index in [4.69, 9.17) is 0 Å². The first-order valence-electron chi connectivity index (χ1n) is 5.05. The molecule has 0 fully saturated rings. The lowest BCUT2D eigenvalue weighted by molar-refractivity contribution is 0.402. The molecule has 0 bridgehead atoms. The van der Waals surface area contributed by atoms with Crippen molar-refractivity contribution in [2.24, 2.45) is 11.8 Å². The van der Waals surface area contributed by atoms with Crippen LogP contribution in [-0.2, 0) is 6.42 Å². The molecule has 0 aromatic heterocycles. The average molecular weight is 216 g/mol. The summed E-state index contributed by atoms with van der Waals surface area (Å²) in [5, 5.41) is 0. The number of hydrogen-bond donors (Lipinski definition) is 0. The average Bonchev–Trinajstić information content (AvgIpc) is 2.13. The van der Waals surface area contributed by atoms with Crippen molar-refractivity contribution >= 4 is 0 Å². The van der Waals surface area contributed by atoms with Gasteiger partial charge in [-0.25, -0.2) is 13.2 Å². The van der Waals surface area contributed by atoms with Crippen LogP contribution in [0.2, 0.25) is 0 Å². The zero-order valence-electron chi connectivity index (χ0n) is 9.15. The summed E-state index contributed by atoms with van der Waals surface area (Å²) in [5.41, 5.74) is 0.119. The Morgan fingerprint density at radius 3 is 2.20 bits per heavy atom. The Bertz CT molecular complexity index is 345. The van der Waals surface area contributed by atoms with Gasteiger partial charge in [-0.15, -0.1) is 0 Å². The van der Waals surface area contributed by atoms with E-state index in [1.165, 1.54) is 0 Å². The summed E-state index contributed by atoms with van der Waals surface area (Å²) >= 11 is 0. The van der Waals surface area contributed by atoms with Gasteiger partial charge in [-0.05, 0) is 29.9 Å². The number of hydrogen-bond acceptors (Lipinski definition) is 0. The van der Waals surface area contributed by atoms with Crippen molar-refractivity contribution in [2.75, 3.05) is 0 Å². The summed E-state index contributed by atoms with van der Waals surface area (Å²) in [6, 6.07) is 1.64. The van der Waals surface area contributed by atoms with Gasteiger partial charge < -0.3 is 0 Å². The van der Waals surface area contributed by atoms with Gasteiger partial charge in [0.2, 0.25) is 0 Å². The molecule has 1 rings (SSSR count). The molecule has 0 aliphatic carbocycles. The van der Waals surface area contributed by atoms with Crippen LogP contribution in [0.15, 0.2) is 12.1 Å². The van der Waals surface area contributed by atoms with Crippen LogP contribution < -0.4 is 0 Å². The van der Waals surface area contributed by atoms with Crippen molar-refractivity contribution in [2.45, 2.75) is 27.2 Å². The Morgan fingerprint density at radius 2 is 1.67 bits per heavy atom. The first-order chi connectivity index (χ1) is 6.91. The Morgan fingerprint density at radius 1 is 1.07 bits per heavy atom. The topological polar surface area (TPSA) is 0 Å². The maximum Gasteiger partial charge on any atom is 0.162 e. The lowest BCUT2D eigenvalue weighted by atomic mass is 9.91. The molecule has 0 aliphatic rings. The molecule has 0 nitrogen and oxygen atoms in total. The van der Waals surface area contributed by atoms with Gasteiger partial charge in [0.05, 0.1) is 0 Å². The third-order valence-corrected chi connectivity index (χ3v) is 2.75. The van der Waals surface area contributed by atoms with Crippen LogP contribution >= 0.6 is 0 Å². The van der Waals surface area contributed by atoms with E-state index in [0.717, 1.165) is 6.07 Å². The van der Waals surface area contributed by atoms with Crippen LogP contribution in [0, 0.1) is 29.3 Å². The predicted molar refractivity (Wildman–Crippen MR) is 54.0 cm³/mol. The van der Waals surface area contributed by atoms with Gasteiger partial charge in [-0.1, -0.05) is 20.8 Å². The van der Waals surface area contributed by atoms with E-state index in [1.54, 1.807) is 0 Å². The minimum atomic E-state index is -1.11. The van der Waals surface area contributed by atoms with Crippen LogP contribution in [-0.4, -0.2) is 0 Å². The van der Waals surface area contributed by atoms with Crippen LogP contribution in [0.25, 0.3) is 0 Å². The molecule has 84 valence electrons. The molecule has 1 atom stereocenters. The predicted octanol–water partition coefficient (Wildman–Crippen LogP) is 3.94. The maximum absolute atomic E-state index is 13.3. The first kappa shape index (κ1) is 12.1. The van der Waals surface area contributed by atoms with E-state index in [2.05, 4.69) is 0 Å². The van der Waals surface area contributed by atoms with Crippen molar-refractivity contribution in [3.8, 4) is 0 Å². The monoisotopic (exact) mass is 216 g/mol. The lowest BCUT2D eigenvalue weighted by Gasteiger charge is -2.15. The second-order valence-corrected chi connectivity index (χ2v) is 4.29. The van der Waals surface area contributed by atoms with Crippen LogP contribution in [0.3, 0.4) is 0 Å². The van der Waals surface area contributed by atoms with Crippen molar-refractivity contribution in [1.29, 1.82) is 0 Å². The Kier molecular flexibility index (Phi) is 3.77. The molecule has 0 amide bonds. The largest absolute Gasteiger partial charge is 0.207 e. The van der Waals surface area contributed by atoms with E-state index < -0.39 is 17.5 Å². The molecular formula is C12H15F3. The molecule has 15 heavy (non-hydrogen) atoms. The molecule has 1 aromatic rings. The fourth-order valence-corrected chi connectivity index (χ4v) is 1.34. The van der Waals surface area contributed by atoms with E-state index in [0.29, 0.717) is 18.4 Å². The van der Waals surface area contributed by atoms with Crippen LogP contribution in [0.4, 0.5) is 13.2 Å². The zero-order valence-corrected chi connectivity index (χ0v) is 9.15. The molecule has 0 heterocycles. The molecule has 0 N–H and O–H groups in total. The van der Waals surface area contributed by atoms with Gasteiger partial charge in [-0.3, -0.25) is 0 Å². The summed E-state index contributed by atoms with van der Waals surface area (Å²) in [5.74, 6) is -2.21. The van der Waals surface area contributed by atoms with Gasteiger partial charge in [0.1, 0.15) is 5.82 Å². The Hall–Kier alpha value is -0.990. The van der Waals surface area contributed by atoms with Crippen LogP contribution in [0.5, 0.6) is 0 Å². The maximum atomic E-state index is 13.3. The fourth-order valence-electron chi connectivity index (χ4n) is 1.34. The van der Waals surface area contributed by atoms with Gasteiger partial charge in [0, 0.05) is 6.07 Å². The third-order valence-electron chi connectivity index (χ3n) is 2.75. The lowest BCUT2D eigenvalue weighted by Crippen LogP contribution is -2.09.